The average molecular weight is 598 g/mol. The Balaban J connectivity index is 2.10. The van der Waals surface area contributed by atoms with Gasteiger partial charge in [-0.2, -0.15) is 0 Å². The lowest BCUT2D eigenvalue weighted by atomic mass is 10.1. The van der Waals surface area contributed by atoms with Gasteiger partial charge in [0.25, 0.3) is 10.0 Å². The predicted molar refractivity (Wildman–Crippen MR) is 166 cm³/mol. The standard InChI is InChI=1S/C32H40ClN3O4S/c1-7-25(6)34-32(38)29(8-2)35(20-26-14-9-22(3)10-15-26)31(37)21-36(30-19-27(33)16-13-24(30)5)41(39,40)28-17-11-23(4)12-18-28/h9-19,25,29H,7-8,20-21H2,1-6H3,(H,34,38)/t25-,29-/m0/s1. The zero-order chi connectivity index (χ0) is 30.3. The lowest BCUT2D eigenvalue weighted by Gasteiger charge is -2.34. The molecule has 3 rings (SSSR count). The molecule has 0 fully saturated rings. The van der Waals surface area contributed by atoms with Crippen LogP contribution in [0.1, 0.15) is 55.9 Å². The third kappa shape index (κ3) is 8.11. The summed E-state index contributed by atoms with van der Waals surface area (Å²) in [6.07, 6.45) is 1.10. The number of anilines is 1. The molecule has 0 radical (unpaired) electrons. The molecule has 220 valence electrons. The molecule has 0 aliphatic heterocycles. The summed E-state index contributed by atoms with van der Waals surface area (Å²) >= 11 is 6.30. The van der Waals surface area contributed by atoms with E-state index in [4.69, 9.17) is 11.6 Å². The highest BCUT2D eigenvalue weighted by Gasteiger charge is 2.34. The normalized spacial score (nSPS) is 12.9. The SMILES string of the molecule is CC[C@H](C)NC(=O)[C@H](CC)N(Cc1ccc(C)cc1)C(=O)CN(c1cc(Cl)ccc1C)S(=O)(=O)c1ccc(C)cc1. The van der Waals surface area contributed by atoms with Gasteiger partial charge in [-0.15, -0.1) is 0 Å². The number of nitrogens with zero attached hydrogens (tertiary/aromatic N) is 2. The minimum atomic E-state index is -4.17. The molecule has 0 saturated carbocycles. The molecule has 0 heterocycles. The Morgan fingerprint density at radius 3 is 2.02 bits per heavy atom. The van der Waals surface area contributed by atoms with Gasteiger partial charge in [-0.1, -0.05) is 79.0 Å². The Bertz CT molecular complexity index is 1460. The third-order valence-corrected chi connectivity index (χ3v) is 9.20. The summed E-state index contributed by atoms with van der Waals surface area (Å²) in [6.45, 7) is 11.0. The summed E-state index contributed by atoms with van der Waals surface area (Å²) in [5, 5.41) is 3.34. The van der Waals surface area contributed by atoms with Crippen LogP contribution in [0.15, 0.2) is 71.6 Å². The van der Waals surface area contributed by atoms with E-state index >= 15 is 0 Å². The molecule has 7 nitrogen and oxygen atoms in total. The van der Waals surface area contributed by atoms with Crippen LogP contribution in [0, 0.1) is 20.8 Å². The van der Waals surface area contributed by atoms with Crippen molar-refractivity contribution in [1.29, 1.82) is 0 Å². The van der Waals surface area contributed by atoms with Gasteiger partial charge < -0.3 is 10.2 Å². The monoisotopic (exact) mass is 597 g/mol. The van der Waals surface area contributed by atoms with Gasteiger partial charge in [0.05, 0.1) is 10.6 Å². The molecule has 3 aromatic rings. The molecule has 1 N–H and O–H groups in total. The van der Waals surface area contributed by atoms with Crippen molar-refractivity contribution >= 4 is 39.1 Å². The summed E-state index contributed by atoms with van der Waals surface area (Å²) in [7, 11) is -4.17. The molecule has 2 amide bonds. The van der Waals surface area contributed by atoms with E-state index in [1.165, 1.54) is 17.0 Å². The van der Waals surface area contributed by atoms with Crippen molar-refractivity contribution in [2.24, 2.45) is 0 Å². The van der Waals surface area contributed by atoms with Crippen molar-refractivity contribution in [1.82, 2.24) is 10.2 Å². The first-order chi connectivity index (χ1) is 19.4. The van der Waals surface area contributed by atoms with Crippen LogP contribution in [0.4, 0.5) is 5.69 Å². The van der Waals surface area contributed by atoms with Gasteiger partial charge in [0.2, 0.25) is 11.8 Å². The Kier molecular flexibility index (Phi) is 11.0. The molecule has 0 aromatic heterocycles. The fourth-order valence-corrected chi connectivity index (χ4v) is 6.09. The van der Waals surface area contributed by atoms with Crippen LogP contribution in [-0.2, 0) is 26.2 Å². The van der Waals surface area contributed by atoms with Crippen LogP contribution < -0.4 is 9.62 Å². The number of nitrogens with one attached hydrogen (secondary N) is 1. The van der Waals surface area contributed by atoms with Crippen molar-refractivity contribution in [3.05, 3.63) is 94.0 Å². The molecule has 2 atom stereocenters. The number of carbonyl (C=O) groups excluding carboxylic acids is 2. The first-order valence-electron chi connectivity index (χ1n) is 13.9. The second-order valence-electron chi connectivity index (χ2n) is 10.5. The Labute approximate surface area is 249 Å². The Hall–Kier alpha value is -3.36. The lowest BCUT2D eigenvalue weighted by Crippen LogP contribution is -2.53. The highest BCUT2D eigenvalue weighted by molar-refractivity contribution is 7.92. The molecule has 0 unspecified atom stereocenters. The quantitative estimate of drug-likeness (QED) is 0.270. The Morgan fingerprint density at radius 2 is 1.46 bits per heavy atom. The van der Waals surface area contributed by atoms with Crippen molar-refractivity contribution in [3.8, 4) is 0 Å². The minimum absolute atomic E-state index is 0.0573. The summed E-state index contributed by atoms with van der Waals surface area (Å²) in [6, 6.07) is 18.3. The lowest BCUT2D eigenvalue weighted by molar-refractivity contribution is -0.140. The summed E-state index contributed by atoms with van der Waals surface area (Å²) in [4.78, 5) is 29.1. The zero-order valence-corrected chi connectivity index (χ0v) is 26.2. The topological polar surface area (TPSA) is 86.8 Å². The number of halogens is 1. The van der Waals surface area contributed by atoms with Crippen molar-refractivity contribution in [3.63, 3.8) is 0 Å². The first kappa shape index (κ1) is 32.2. The van der Waals surface area contributed by atoms with E-state index < -0.39 is 28.5 Å². The third-order valence-electron chi connectivity index (χ3n) is 7.19. The largest absolute Gasteiger partial charge is 0.352 e. The molecule has 0 aliphatic carbocycles. The van der Waals surface area contributed by atoms with E-state index in [2.05, 4.69) is 5.32 Å². The van der Waals surface area contributed by atoms with Crippen LogP contribution in [0.25, 0.3) is 0 Å². The highest BCUT2D eigenvalue weighted by Crippen LogP contribution is 2.30. The Morgan fingerprint density at radius 1 is 0.878 bits per heavy atom. The molecular formula is C32H40ClN3O4S. The van der Waals surface area contributed by atoms with E-state index in [0.717, 1.165) is 27.4 Å². The maximum atomic E-state index is 14.2. The molecule has 0 spiro atoms. The number of aryl methyl sites for hydroxylation is 3. The molecule has 0 bridgehead atoms. The number of carbonyl (C=O) groups is 2. The molecule has 9 heteroatoms. The van der Waals surface area contributed by atoms with Crippen molar-refractivity contribution in [2.75, 3.05) is 10.8 Å². The molecule has 41 heavy (non-hydrogen) atoms. The number of hydrogen-bond donors (Lipinski definition) is 1. The number of benzene rings is 3. The summed E-state index contributed by atoms with van der Waals surface area (Å²) in [5.74, 6) is -0.763. The zero-order valence-electron chi connectivity index (χ0n) is 24.6. The summed E-state index contributed by atoms with van der Waals surface area (Å²) in [5.41, 5.74) is 3.77. The van der Waals surface area contributed by atoms with Gasteiger partial charge in [0, 0.05) is 17.6 Å². The maximum Gasteiger partial charge on any atom is 0.264 e. The first-order valence-corrected chi connectivity index (χ1v) is 15.7. The van der Waals surface area contributed by atoms with Crippen LogP contribution in [0.2, 0.25) is 5.02 Å². The van der Waals surface area contributed by atoms with Crippen LogP contribution in [0.5, 0.6) is 0 Å². The molecule has 0 saturated heterocycles. The van der Waals surface area contributed by atoms with Crippen molar-refractivity contribution in [2.45, 2.75) is 77.9 Å². The fourth-order valence-electron chi connectivity index (χ4n) is 4.45. The second kappa shape index (κ2) is 14.0. The number of rotatable bonds is 12. The summed E-state index contributed by atoms with van der Waals surface area (Å²) < 4.78 is 29.2. The van der Waals surface area contributed by atoms with E-state index in [0.29, 0.717) is 22.7 Å². The van der Waals surface area contributed by atoms with Crippen LogP contribution >= 0.6 is 11.6 Å². The number of amides is 2. The van der Waals surface area contributed by atoms with Crippen LogP contribution in [-0.4, -0.2) is 43.8 Å². The smallest absolute Gasteiger partial charge is 0.264 e. The maximum absolute atomic E-state index is 14.2. The van der Waals surface area contributed by atoms with E-state index in [1.54, 1.807) is 37.3 Å². The van der Waals surface area contributed by atoms with Gasteiger partial charge in [0.15, 0.2) is 0 Å². The van der Waals surface area contributed by atoms with E-state index in [1.807, 2.05) is 58.9 Å². The fraction of sp³-hybridized carbons (Fsp3) is 0.375. The van der Waals surface area contributed by atoms with Gasteiger partial charge in [-0.3, -0.25) is 13.9 Å². The van der Waals surface area contributed by atoms with Crippen LogP contribution in [0.3, 0.4) is 0 Å². The molecule has 3 aromatic carbocycles. The van der Waals surface area contributed by atoms with Crippen molar-refractivity contribution < 1.29 is 18.0 Å². The van der Waals surface area contributed by atoms with Gasteiger partial charge >= 0.3 is 0 Å². The molecular weight excluding hydrogens is 558 g/mol. The van der Waals surface area contributed by atoms with Gasteiger partial charge in [-0.05, 0) is 75.9 Å². The number of sulfonamides is 1. The average Bonchev–Trinajstić information content (AvgIpc) is 2.94. The van der Waals surface area contributed by atoms with E-state index in [9.17, 15) is 18.0 Å². The van der Waals surface area contributed by atoms with E-state index in [-0.39, 0.29) is 23.4 Å². The number of hydrogen-bond acceptors (Lipinski definition) is 4. The highest BCUT2D eigenvalue weighted by atomic mass is 35.5. The van der Waals surface area contributed by atoms with Gasteiger partial charge in [0.1, 0.15) is 12.6 Å². The minimum Gasteiger partial charge on any atom is -0.352 e. The van der Waals surface area contributed by atoms with Gasteiger partial charge in [-0.25, -0.2) is 8.42 Å². The second-order valence-corrected chi connectivity index (χ2v) is 12.8. The molecule has 0 aliphatic rings. The predicted octanol–water partition coefficient (Wildman–Crippen LogP) is 6.18.